The normalized spacial score (nSPS) is 13.5. The van der Waals surface area contributed by atoms with Gasteiger partial charge >= 0.3 is 0 Å². The third-order valence-corrected chi connectivity index (χ3v) is 3.94. The van der Waals surface area contributed by atoms with Crippen LogP contribution in [-0.4, -0.2) is 24.2 Å². The van der Waals surface area contributed by atoms with Crippen LogP contribution in [0.3, 0.4) is 0 Å². The topological polar surface area (TPSA) is 67.8 Å². The van der Waals surface area contributed by atoms with E-state index in [0.29, 0.717) is 35.4 Å². The molecule has 0 radical (unpaired) electrons. The van der Waals surface area contributed by atoms with Crippen molar-refractivity contribution in [2.75, 3.05) is 18.5 Å². The molecule has 130 valence electrons. The van der Waals surface area contributed by atoms with Crippen LogP contribution in [0.15, 0.2) is 36.4 Å². The summed E-state index contributed by atoms with van der Waals surface area (Å²) in [5, 5.41) is 12.9. The first-order chi connectivity index (χ1) is 12.0. The summed E-state index contributed by atoms with van der Waals surface area (Å²) in [5.41, 5.74) is 1.99. The van der Waals surface area contributed by atoms with E-state index in [0.717, 1.165) is 17.5 Å². The van der Waals surface area contributed by atoms with Crippen LogP contribution in [0.1, 0.15) is 17.5 Å². The maximum Gasteiger partial charge on any atom is 0.248 e. The number of nitrogens with one attached hydrogen (secondary N) is 1. The third kappa shape index (κ3) is 4.25. The molecule has 2 aromatic carbocycles. The second kappa shape index (κ2) is 7.49. The quantitative estimate of drug-likeness (QED) is 0.637. The average Bonchev–Trinajstić information content (AvgIpc) is 2.81. The molecule has 3 rings (SSSR count). The van der Waals surface area contributed by atoms with Gasteiger partial charge in [0.1, 0.15) is 5.75 Å². The molecule has 6 heteroatoms. The second-order valence-electron chi connectivity index (χ2n) is 5.72. The number of benzene rings is 2. The Morgan fingerprint density at radius 1 is 1.24 bits per heavy atom. The van der Waals surface area contributed by atoms with E-state index in [1.807, 2.05) is 13.0 Å². The van der Waals surface area contributed by atoms with E-state index in [1.54, 1.807) is 30.3 Å². The number of phenols is 1. The Bertz CT molecular complexity index is 832. The number of phenolic OH excluding ortho intramolecular Hbond substituents is 1. The molecule has 5 nitrogen and oxygen atoms in total. The van der Waals surface area contributed by atoms with Gasteiger partial charge in [0.2, 0.25) is 5.91 Å². The summed E-state index contributed by atoms with van der Waals surface area (Å²) in [7, 11) is 0. The lowest BCUT2D eigenvalue weighted by atomic mass is 10.1. The van der Waals surface area contributed by atoms with Crippen LogP contribution < -0.4 is 14.8 Å². The number of rotatable bonds is 3. The number of halogens is 1. The summed E-state index contributed by atoms with van der Waals surface area (Å²) in [6.07, 6.45) is 3.79. The number of ether oxygens (including phenoxy) is 2. The van der Waals surface area contributed by atoms with Gasteiger partial charge in [0.25, 0.3) is 0 Å². The second-order valence-corrected chi connectivity index (χ2v) is 6.13. The summed E-state index contributed by atoms with van der Waals surface area (Å²) >= 11 is 6.23. The molecule has 2 aromatic rings. The maximum absolute atomic E-state index is 12.1. The van der Waals surface area contributed by atoms with E-state index >= 15 is 0 Å². The molecule has 2 N–H and O–H groups in total. The average molecular weight is 360 g/mol. The first-order valence-corrected chi connectivity index (χ1v) is 8.28. The van der Waals surface area contributed by atoms with Gasteiger partial charge < -0.3 is 19.9 Å². The van der Waals surface area contributed by atoms with Crippen molar-refractivity contribution in [3.8, 4) is 17.2 Å². The first-order valence-electron chi connectivity index (χ1n) is 7.91. The van der Waals surface area contributed by atoms with Gasteiger partial charge in [0.05, 0.1) is 23.9 Å². The molecule has 1 aliphatic heterocycles. The van der Waals surface area contributed by atoms with Gasteiger partial charge in [-0.05, 0) is 48.4 Å². The maximum atomic E-state index is 12.1. The van der Waals surface area contributed by atoms with E-state index in [-0.39, 0.29) is 11.7 Å². The van der Waals surface area contributed by atoms with Gasteiger partial charge in [-0.15, -0.1) is 0 Å². The number of hydrogen-bond acceptors (Lipinski definition) is 4. The van der Waals surface area contributed by atoms with Gasteiger partial charge in [0.15, 0.2) is 11.5 Å². The van der Waals surface area contributed by atoms with Crippen molar-refractivity contribution in [1.82, 2.24) is 0 Å². The van der Waals surface area contributed by atoms with Crippen LogP contribution in [0.4, 0.5) is 5.69 Å². The molecule has 1 amide bonds. The number of carbonyl (C=O) groups is 1. The van der Waals surface area contributed by atoms with Crippen LogP contribution in [0.2, 0.25) is 5.02 Å². The molecule has 0 aliphatic carbocycles. The fraction of sp³-hybridized carbons (Fsp3) is 0.211. The first kappa shape index (κ1) is 17.2. The lowest BCUT2D eigenvalue weighted by molar-refractivity contribution is -0.111. The van der Waals surface area contributed by atoms with Crippen LogP contribution in [0.5, 0.6) is 17.2 Å². The predicted octanol–water partition coefficient (Wildman–Crippen LogP) is 4.17. The zero-order valence-corrected chi connectivity index (χ0v) is 14.5. The molecule has 0 atom stereocenters. The van der Waals surface area contributed by atoms with Gasteiger partial charge in [-0.25, -0.2) is 0 Å². The molecule has 0 fully saturated rings. The lowest BCUT2D eigenvalue weighted by Gasteiger charge is -2.10. The fourth-order valence-corrected chi connectivity index (χ4v) is 2.71. The smallest absolute Gasteiger partial charge is 0.248 e. The van der Waals surface area contributed by atoms with Crippen molar-refractivity contribution < 1.29 is 19.4 Å². The molecular weight excluding hydrogens is 342 g/mol. The van der Waals surface area contributed by atoms with E-state index in [2.05, 4.69) is 5.32 Å². The Morgan fingerprint density at radius 3 is 2.84 bits per heavy atom. The van der Waals surface area contributed by atoms with Crippen LogP contribution in [-0.2, 0) is 4.79 Å². The van der Waals surface area contributed by atoms with Crippen LogP contribution >= 0.6 is 11.6 Å². The summed E-state index contributed by atoms with van der Waals surface area (Å²) in [6.45, 7) is 2.98. The minimum absolute atomic E-state index is 0.0281. The Balaban J connectivity index is 1.74. The third-order valence-electron chi connectivity index (χ3n) is 3.66. The molecule has 0 bridgehead atoms. The number of amides is 1. The summed E-state index contributed by atoms with van der Waals surface area (Å²) in [4.78, 5) is 12.1. The highest BCUT2D eigenvalue weighted by atomic mass is 35.5. The Hall–Kier alpha value is -2.66. The van der Waals surface area contributed by atoms with Crippen molar-refractivity contribution >= 4 is 29.3 Å². The predicted molar refractivity (Wildman–Crippen MR) is 97.6 cm³/mol. The monoisotopic (exact) mass is 359 g/mol. The van der Waals surface area contributed by atoms with E-state index in [4.69, 9.17) is 21.1 Å². The molecule has 25 heavy (non-hydrogen) atoms. The minimum Gasteiger partial charge on any atom is -0.506 e. The van der Waals surface area contributed by atoms with E-state index in [9.17, 15) is 9.90 Å². The van der Waals surface area contributed by atoms with Crippen molar-refractivity contribution in [2.24, 2.45) is 0 Å². The molecule has 0 unspecified atom stereocenters. The molecule has 0 saturated carbocycles. The SMILES string of the molecule is Cc1ccc(NC(=O)/C=C/c2cc(Cl)c3c(c2)OCCCO3)c(O)c1. The largest absolute Gasteiger partial charge is 0.506 e. The number of carbonyl (C=O) groups excluding carboxylic acids is 1. The van der Waals surface area contributed by atoms with Crippen molar-refractivity contribution in [3.05, 3.63) is 52.6 Å². The lowest BCUT2D eigenvalue weighted by Crippen LogP contribution is -2.07. The van der Waals surface area contributed by atoms with Gasteiger partial charge in [-0.3, -0.25) is 4.79 Å². The zero-order chi connectivity index (χ0) is 17.8. The number of aromatic hydroxyl groups is 1. The zero-order valence-electron chi connectivity index (χ0n) is 13.7. The van der Waals surface area contributed by atoms with Crippen LogP contribution in [0, 0.1) is 6.92 Å². The summed E-state index contributed by atoms with van der Waals surface area (Å²) < 4.78 is 11.2. The number of fused-ring (bicyclic) bond motifs is 1. The molecule has 0 saturated heterocycles. The molecule has 1 heterocycles. The number of aryl methyl sites for hydroxylation is 1. The van der Waals surface area contributed by atoms with E-state index in [1.165, 1.54) is 6.08 Å². The van der Waals surface area contributed by atoms with Crippen LogP contribution in [0.25, 0.3) is 6.08 Å². The molecule has 1 aliphatic rings. The Labute approximate surface area is 150 Å². The highest BCUT2D eigenvalue weighted by Gasteiger charge is 2.15. The van der Waals surface area contributed by atoms with Crippen molar-refractivity contribution in [1.29, 1.82) is 0 Å². The van der Waals surface area contributed by atoms with Gasteiger partial charge in [-0.1, -0.05) is 17.7 Å². The van der Waals surface area contributed by atoms with E-state index < -0.39 is 0 Å². The molecule has 0 spiro atoms. The minimum atomic E-state index is -0.359. The standard InChI is InChI=1S/C19H18ClNO4/c1-12-3-5-15(16(22)9-12)21-18(23)6-4-13-10-14(20)19-17(11-13)24-7-2-8-25-19/h3-6,9-11,22H,2,7-8H2,1H3,(H,21,23)/b6-4+. The Kier molecular flexibility index (Phi) is 5.14. The van der Waals surface area contributed by atoms with Gasteiger partial charge in [0, 0.05) is 12.5 Å². The molecular formula is C19H18ClNO4. The highest BCUT2D eigenvalue weighted by molar-refractivity contribution is 6.32. The van der Waals surface area contributed by atoms with Crippen molar-refractivity contribution in [3.63, 3.8) is 0 Å². The Morgan fingerprint density at radius 2 is 2.04 bits per heavy atom. The fourth-order valence-electron chi connectivity index (χ4n) is 2.44. The van der Waals surface area contributed by atoms with Gasteiger partial charge in [-0.2, -0.15) is 0 Å². The summed E-state index contributed by atoms with van der Waals surface area (Å²) in [6, 6.07) is 8.54. The van der Waals surface area contributed by atoms with Crippen molar-refractivity contribution in [2.45, 2.75) is 13.3 Å². The molecule has 0 aromatic heterocycles. The highest BCUT2D eigenvalue weighted by Crippen LogP contribution is 2.38. The number of hydrogen-bond donors (Lipinski definition) is 2. The summed E-state index contributed by atoms with van der Waals surface area (Å²) in [5.74, 6) is 0.773. The number of anilines is 1.